The normalized spacial score (nSPS) is 12.1. The minimum absolute atomic E-state index is 1.32. The van der Waals surface area contributed by atoms with Crippen LogP contribution in [0, 0.1) is 0 Å². The van der Waals surface area contributed by atoms with Crippen molar-refractivity contribution in [2.45, 2.75) is 0 Å². The average molecular weight is 395 g/mol. The standard InChI is InChI=1S/2C6H5.C4H4O2.ClH.Sb/c2*1-2-4-6-5-3-1;1-2-6-4-3-5-1;;/h2*1-5H;1-4H;1H;/q;;;;+1/p-1. The van der Waals surface area contributed by atoms with Crippen molar-refractivity contribution in [1.82, 2.24) is 0 Å². The Hall–Kier alpha value is -1.37. The van der Waals surface area contributed by atoms with Gasteiger partial charge in [0.15, 0.2) is 0 Å². The molecule has 20 heavy (non-hydrogen) atoms. The minimum atomic E-state index is -1.90. The van der Waals surface area contributed by atoms with Crippen molar-refractivity contribution in [3.63, 3.8) is 0 Å². The molecule has 0 saturated carbocycles. The molecule has 102 valence electrons. The molecule has 0 atom stereocenters. The summed E-state index contributed by atoms with van der Waals surface area (Å²) in [5.74, 6) is 0. The molecule has 0 aliphatic carbocycles. The van der Waals surface area contributed by atoms with Crippen LogP contribution in [0.15, 0.2) is 85.7 Å². The predicted molar refractivity (Wildman–Crippen MR) is 84.2 cm³/mol. The van der Waals surface area contributed by atoms with Gasteiger partial charge in [0.05, 0.1) is 0 Å². The molecule has 0 aromatic heterocycles. The van der Waals surface area contributed by atoms with Gasteiger partial charge in [-0.3, -0.25) is 0 Å². The van der Waals surface area contributed by atoms with Gasteiger partial charge in [-0.15, -0.1) is 0 Å². The fourth-order valence-corrected chi connectivity index (χ4v) is 6.33. The monoisotopic (exact) mass is 394 g/mol. The van der Waals surface area contributed by atoms with E-state index >= 15 is 0 Å². The molecule has 2 aromatic rings. The van der Waals surface area contributed by atoms with Crippen molar-refractivity contribution < 1.29 is 9.47 Å². The number of rotatable bonds is 2. The summed E-state index contributed by atoms with van der Waals surface area (Å²) >= 11 is -1.90. The second-order valence-corrected chi connectivity index (χ2v) is 10.6. The van der Waals surface area contributed by atoms with E-state index < -0.39 is 19.1 Å². The average Bonchev–Trinajstić information content (AvgIpc) is 2.58. The van der Waals surface area contributed by atoms with Gasteiger partial charge in [-0.1, -0.05) is 0 Å². The molecule has 0 spiro atoms. The number of ether oxygens (including phenoxy) is 2. The maximum atomic E-state index is 6.51. The van der Waals surface area contributed by atoms with E-state index in [1.165, 1.54) is 32.1 Å². The summed E-state index contributed by atoms with van der Waals surface area (Å²) in [5, 5.41) is 0. The molecule has 2 aromatic carbocycles. The summed E-state index contributed by atoms with van der Waals surface area (Å²) in [6.45, 7) is 0. The van der Waals surface area contributed by atoms with E-state index in [9.17, 15) is 0 Å². The van der Waals surface area contributed by atoms with Crippen molar-refractivity contribution >= 4 is 34.9 Å². The van der Waals surface area contributed by atoms with Crippen LogP contribution in [0.5, 0.6) is 0 Å². The van der Waals surface area contributed by atoms with Crippen molar-refractivity contribution in [2.24, 2.45) is 0 Å². The molecular formula is C16H14ClO2Sb. The van der Waals surface area contributed by atoms with Crippen LogP contribution in [0.2, 0.25) is 0 Å². The maximum absolute atomic E-state index is 6.51. The number of benzene rings is 2. The van der Waals surface area contributed by atoms with Crippen LogP contribution in [-0.4, -0.2) is 19.1 Å². The van der Waals surface area contributed by atoms with E-state index in [0.29, 0.717) is 0 Å². The first-order valence-electron chi connectivity index (χ1n) is 6.05. The fourth-order valence-electron chi connectivity index (χ4n) is 1.49. The van der Waals surface area contributed by atoms with Crippen molar-refractivity contribution in [3.05, 3.63) is 85.7 Å². The van der Waals surface area contributed by atoms with Crippen LogP contribution in [0.25, 0.3) is 0 Å². The zero-order valence-electron chi connectivity index (χ0n) is 10.7. The van der Waals surface area contributed by atoms with Crippen LogP contribution in [0.4, 0.5) is 0 Å². The van der Waals surface area contributed by atoms with Gasteiger partial charge in [0, 0.05) is 0 Å². The molecule has 0 saturated heterocycles. The first-order valence-corrected chi connectivity index (χ1v) is 11.8. The third kappa shape index (κ3) is 4.96. The van der Waals surface area contributed by atoms with Crippen molar-refractivity contribution in [1.29, 1.82) is 0 Å². The fraction of sp³-hybridized carbons (Fsp3) is 0. The molecule has 1 aliphatic rings. The van der Waals surface area contributed by atoms with E-state index in [2.05, 4.69) is 58.0 Å². The summed E-state index contributed by atoms with van der Waals surface area (Å²) in [4.78, 5) is 0. The summed E-state index contributed by atoms with van der Waals surface area (Å²) in [5.41, 5.74) is 0. The first-order chi connectivity index (χ1) is 9.88. The Morgan fingerprint density at radius 3 is 1.25 bits per heavy atom. The molecular weight excluding hydrogens is 381 g/mol. The molecule has 3 rings (SSSR count). The number of halogens is 1. The third-order valence-electron chi connectivity index (χ3n) is 2.39. The Labute approximate surface area is 129 Å². The van der Waals surface area contributed by atoms with Gasteiger partial charge in [0.2, 0.25) is 0 Å². The van der Waals surface area contributed by atoms with Crippen LogP contribution in [-0.2, 0) is 9.47 Å². The molecule has 2 nitrogen and oxygen atoms in total. The van der Waals surface area contributed by atoms with E-state index in [-0.39, 0.29) is 0 Å². The number of hydrogen-bond donors (Lipinski definition) is 0. The van der Waals surface area contributed by atoms with Gasteiger partial charge < -0.3 is 9.47 Å². The topological polar surface area (TPSA) is 18.5 Å². The van der Waals surface area contributed by atoms with Crippen LogP contribution < -0.4 is 7.02 Å². The summed E-state index contributed by atoms with van der Waals surface area (Å²) < 4.78 is 11.8. The third-order valence-corrected chi connectivity index (χ3v) is 9.30. The van der Waals surface area contributed by atoms with Gasteiger partial charge in [-0.2, -0.15) is 0 Å². The van der Waals surface area contributed by atoms with E-state index in [1.54, 1.807) is 0 Å². The predicted octanol–water partition coefficient (Wildman–Crippen LogP) is 3.01. The molecule has 0 bridgehead atoms. The molecule has 4 heteroatoms. The zero-order chi connectivity index (χ0) is 14.0. The van der Waals surface area contributed by atoms with Gasteiger partial charge >= 0.3 is 95.6 Å². The van der Waals surface area contributed by atoms with Crippen LogP contribution in [0.1, 0.15) is 0 Å². The number of hydrogen-bond acceptors (Lipinski definition) is 2. The van der Waals surface area contributed by atoms with E-state index in [0.717, 1.165) is 0 Å². The van der Waals surface area contributed by atoms with Gasteiger partial charge in [0.1, 0.15) is 25.0 Å². The molecule has 0 N–H and O–H groups in total. The van der Waals surface area contributed by atoms with Crippen LogP contribution >= 0.6 is 8.83 Å². The Morgan fingerprint density at radius 1 is 0.600 bits per heavy atom. The SMILES string of the molecule is C1=COC=CO1.[Cl][Sb]([c]1ccccc1)[c]1ccccc1. The van der Waals surface area contributed by atoms with Gasteiger partial charge in [-0.25, -0.2) is 0 Å². The molecule has 0 amide bonds. The van der Waals surface area contributed by atoms with Crippen molar-refractivity contribution in [3.8, 4) is 0 Å². The Bertz CT molecular complexity index is 496. The van der Waals surface area contributed by atoms with Gasteiger partial charge in [0.25, 0.3) is 0 Å². The van der Waals surface area contributed by atoms with Crippen molar-refractivity contribution in [2.75, 3.05) is 0 Å². The molecule has 1 aliphatic heterocycles. The molecule has 1 heterocycles. The zero-order valence-corrected chi connectivity index (χ0v) is 14.0. The Morgan fingerprint density at radius 2 is 0.950 bits per heavy atom. The summed E-state index contributed by atoms with van der Waals surface area (Å²) in [6, 6.07) is 20.8. The second-order valence-electron chi connectivity index (χ2n) is 3.77. The molecule has 0 unspecified atom stereocenters. The van der Waals surface area contributed by atoms with Crippen LogP contribution in [0.3, 0.4) is 0 Å². The van der Waals surface area contributed by atoms with Gasteiger partial charge in [-0.05, 0) is 0 Å². The summed E-state index contributed by atoms with van der Waals surface area (Å²) in [7, 11) is 6.51. The molecule has 0 fully saturated rings. The first kappa shape index (κ1) is 15.0. The second kappa shape index (κ2) is 8.73. The Kier molecular flexibility index (Phi) is 6.56. The van der Waals surface area contributed by atoms with E-state index in [4.69, 9.17) is 8.83 Å². The van der Waals surface area contributed by atoms with E-state index in [1.807, 2.05) is 12.1 Å². The Balaban J connectivity index is 0.000000205. The quantitative estimate of drug-likeness (QED) is 0.728. The molecule has 0 radical (unpaired) electrons. The summed E-state index contributed by atoms with van der Waals surface area (Å²) in [6.07, 6.45) is 5.83.